The Bertz CT molecular complexity index is 548. The monoisotopic (exact) mass is 300 g/mol. The summed E-state index contributed by atoms with van der Waals surface area (Å²) < 4.78 is 26.8. The maximum atomic E-state index is 12.7. The Morgan fingerprint density at radius 2 is 2.10 bits per heavy atom. The molecule has 0 aromatic carbocycles. The highest BCUT2D eigenvalue weighted by Gasteiger charge is 2.37. The van der Waals surface area contributed by atoms with Crippen molar-refractivity contribution < 1.29 is 8.42 Å². The van der Waals surface area contributed by atoms with Gasteiger partial charge in [0, 0.05) is 31.2 Å². The van der Waals surface area contributed by atoms with E-state index in [1.807, 2.05) is 20.8 Å². The lowest BCUT2D eigenvalue weighted by atomic mass is 10.2. The zero-order valence-corrected chi connectivity index (χ0v) is 13.4. The van der Waals surface area contributed by atoms with Crippen molar-refractivity contribution in [2.75, 3.05) is 7.05 Å². The standard InChI is InChI=1S/C13H24N4O2S/c1-9(2)14-7-12-8-15-16-13(12)20(18,19)17(4)10(3)11-5-6-11/h8-11,14H,5-7H2,1-4H3,(H,15,16). The summed E-state index contributed by atoms with van der Waals surface area (Å²) in [5.41, 5.74) is 0.688. The molecular formula is C13H24N4O2S. The second-order valence-corrected chi connectivity index (χ2v) is 7.79. The first-order chi connectivity index (χ1) is 9.34. The average molecular weight is 300 g/mol. The number of hydrogen-bond donors (Lipinski definition) is 2. The predicted molar refractivity (Wildman–Crippen MR) is 77.7 cm³/mol. The molecule has 114 valence electrons. The van der Waals surface area contributed by atoms with E-state index in [4.69, 9.17) is 0 Å². The first kappa shape index (κ1) is 15.5. The van der Waals surface area contributed by atoms with Crippen molar-refractivity contribution in [3.05, 3.63) is 11.8 Å². The summed E-state index contributed by atoms with van der Waals surface area (Å²) in [6.45, 7) is 6.51. The van der Waals surface area contributed by atoms with Gasteiger partial charge in [-0.25, -0.2) is 8.42 Å². The lowest BCUT2D eigenvalue weighted by Gasteiger charge is -2.24. The molecule has 0 amide bonds. The van der Waals surface area contributed by atoms with Crippen LogP contribution in [0, 0.1) is 5.92 Å². The molecule has 0 spiro atoms. The van der Waals surface area contributed by atoms with Gasteiger partial charge in [0.05, 0.1) is 6.20 Å². The highest BCUT2D eigenvalue weighted by molar-refractivity contribution is 7.89. The minimum Gasteiger partial charge on any atom is -0.310 e. The highest BCUT2D eigenvalue weighted by atomic mass is 32.2. The third-order valence-electron chi connectivity index (χ3n) is 3.89. The highest BCUT2D eigenvalue weighted by Crippen LogP contribution is 2.36. The molecule has 1 heterocycles. The first-order valence-corrected chi connectivity index (χ1v) is 8.51. The summed E-state index contributed by atoms with van der Waals surface area (Å²) in [6.07, 6.45) is 3.81. The Balaban J connectivity index is 2.18. The van der Waals surface area contributed by atoms with E-state index in [0.29, 0.717) is 24.1 Å². The predicted octanol–water partition coefficient (Wildman–Crippen LogP) is 1.33. The topological polar surface area (TPSA) is 78.1 Å². The third-order valence-corrected chi connectivity index (χ3v) is 5.85. The van der Waals surface area contributed by atoms with Crippen LogP contribution in [0.15, 0.2) is 11.2 Å². The van der Waals surface area contributed by atoms with Crippen LogP contribution in [0.2, 0.25) is 0 Å². The van der Waals surface area contributed by atoms with Crippen LogP contribution in [0.3, 0.4) is 0 Å². The molecule has 0 aliphatic heterocycles. The zero-order chi connectivity index (χ0) is 14.9. The summed E-state index contributed by atoms with van der Waals surface area (Å²) in [4.78, 5) is 0. The number of H-pyrrole nitrogens is 1. The van der Waals surface area contributed by atoms with Crippen molar-refractivity contribution in [2.45, 2.75) is 57.3 Å². The maximum absolute atomic E-state index is 12.7. The number of rotatable bonds is 7. The molecule has 1 aromatic heterocycles. The van der Waals surface area contributed by atoms with Gasteiger partial charge in [0.25, 0.3) is 10.0 Å². The average Bonchev–Trinajstić information content (AvgIpc) is 3.12. The number of nitrogens with zero attached hydrogens (tertiary/aromatic N) is 2. The molecule has 0 bridgehead atoms. The molecule has 0 saturated heterocycles. The third kappa shape index (κ3) is 3.21. The SMILES string of the molecule is CC(C)NCc1cn[nH]c1S(=O)(=O)N(C)C(C)C1CC1. The molecule has 20 heavy (non-hydrogen) atoms. The molecule has 6 nitrogen and oxygen atoms in total. The van der Waals surface area contributed by atoms with E-state index in [-0.39, 0.29) is 11.1 Å². The molecule has 1 saturated carbocycles. The summed E-state index contributed by atoms with van der Waals surface area (Å²) in [6, 6.07) is 0.331. The number of aromatic nitrogens is 2. The van der Waals surface area contributed by atoms with Crippen LogP contribution in [-0.4, -0.2) is 42.1 Å². The lowest BCUT2D eigenvalue weighted by Crippen LogP contribution is -2.37. The van der Waals surface area contributed by atoms with Crippen molar-refractivity contribution in [3.8, 4) is 0 Å². The van der Waals surface area contributed by atoms with Crippen molar-refractivity contribution in [1.82, 2.24) is 19.8 Å². The molecule has 1 aromatic rings. The molecule has 1 aliphatic carbocycles. The fourth-order valence-corrected chi connectivity index (χ4v) is 3.72. The normalized spacial score (nSPS) is 17.9. The summed E-state index contributed by atoms with van der Waals surface area (Å²) in [5.74, 6) is 0.495. The molecule has 2 N–H and O–H groups in total. The molecule has 1 fully saturated rings. The second-order valence-electron chi connectivity index (χ2n) is 5.86. The largest absolute Gasteiger partial charge is 0.310 e. The van der Waals surface area contributed by atoms with Crippen molar-refractivity contribution in [2.24, 2.45) is 5.92 Å². The Morgan fingerprint density at radius 3 is 2.65 bits per heavy atom. The van der Waals surface area contributed by atoms with E-state index in [1.165, 1.54) is 4.31 Å². The fourth-order valence-electron chi connectivity index (χ4n) is 2.20. The smallest absolute Gasteiger partial charge is 0.260 e. The van der Waals surface area contributed by atoms with E-state index in [2.05, 4.69) is 15.5 Å². The van der Waals surface area contributed by atoms with Crippen LogP contribution >= 0.6 is 0 Å². The second kappa shape index (κ2) is 5.83. The van der Waals surface area contributed by atoms with E-state index in [0.717, 1.165) is 12.8 Å². The lowest BCUT2D eigenvalue weighted by molar-refractivity contribution is 0.355. The van der Waals surface area contributed by atoms with Crippen LogP contribution in [0.1, 0.15) is 39.2 Å². The number of sulfonamides is 1. The van der Waals surface area contributed by atoms with Gasteiger partial charge in [0.1, 0.15) is 0 Å². The van der Waals surface area contributed by atoms with Crippen LogP contribution in [0.4, 0.5) is 0 Å². The van der Waals surface area contributed by atoms with E-state index >= 15 is 0 Å². The molecule has 7 heteroatoms. The summed E-state index contributed by atoms with van der Waals surface area (Å²) >= 11 is 0. The molecule has 1 unspecified atom stereocenters. The Kier molecular flexibility index (Phi) is 4.51. The van der Waals surface area contributed by atoms with E-state index in [9.17, 15) is 8.42 Å². The van der Waals surface area contributed by atoms with Crippen LogP contribution in [0.5, 0.6) is 0 Å². The molecule has 1 aliphatic rings. The van der Waals surface area contributed by atoms with Crippen LogP contribution < -0.4 is 5.32 Å². The van der Waals surface area contributed by atoms with Gasteiger partial charge in [0.2, 0.25) is 0 Å². The van der Waals surface area contributed by atoms with E-state index in [1.54, 1.807) is 13.2 Å². The Labute approximate surface area is 121 Å². The van der Waals surface area contributed by atoms with Crippen molar-refractivity contribution in [1.29, 1.82) is 0 Å². The van der Waals surface area contributed by atoms with Gasteiger partial charge in [-0.1, -0.05) is 13.8 Å². The minimum atomic E-state index is -3.50. The Hall–Kier alpha value is -0.920. The van der Waals surface area contributed by atoms with Gasteiger partial charge in [0.15, 0.2) is 5.03 Å². The van der Waals surface area contributed by atoms with Gasteiger partial charge in [-0.05, 0) is 25.7 Å². The molecule has 0 radical (unpaired) electrons. The fraction of sp³-hybridized carbons (Fsp3) is 0.769. The summed E-state index contributed by atoms with van der Waals surface area (Å²) in [7, 11) is -1.85. The first-order valence-electron chi connectivity index (χ1n) is 7.07. The van der Waals surface area contributed by atoms with Crippen LogP contribution in [-0.2, 0) is 16.6 Å². The maximum Gasteiger partial charge on any atom is 0.260 e. The zero-order valence-electron chi connectivity index (χ0n) is 12.5. The number of hydrogen-bond acceptors (Lipinski definition) is 4. The number of aromatic amines is 1. The molecule has 2 rings (SSSR count). The van der Waals surface area contributed by atoms with Gasteiger partial charge in [-0.2, -0.15) is 9.40 Å². The summed E-state index contributed by atoms with van der Waals surface area (Å²) in [5, 5.41) is 9.97. The van der Waals surface area contributed by atoms with Gasteiger partial charge in [-0.15, -0.1) is 0 Å². The molecule has 1 atom stereocenters. The van der Waals surface area contributed by atoms with Crippen LogP contribution in [0.25, 0.3) is 0 Å². The van der Waals surface area contributed by atoms with Gasteiger partial charge in [-0.3, -0.25) is 5.10 Å². The van der Waals surface area contributed by atoms with Gasteiger partial charge < -0.3 is 5.32 Å². The number of nitrogens with one attached hydrogen (secondary N) is 2. The van der Waals surface area contributed by atoms with Crippen molar-refractivity contribution >= 4 is 10.0 Å². The van der Waals surface area contributed by atoms with Crippen molar-refractivity contribution in [3.63, 3.8) is 0 Å². The van der Waals surface area contributed by atoms with E-state index < -0.39 is 10.0 Å². The van der Waals surface area contributed by atoms with Gasteiger partial charge >= 0.3 is 0 Å². The Morgan fingerprint density at radius 1 is 1.45 bits per heavy atom. The molecular weight excluding hydrogens is 276 g/mol. The quantitative estimate of drug-likeness (QED) is 0.796. The minimum absolute atomic E-state index is 0.0363.